The highest BCUT2D eigenvalue weighted by atomic mass is 16.5. The Labute approximate surface area is 123 Å². The molecule has 0 saturated carbocycles. The van der Waals surface area contributed by atoms with Gasteiger partial charge in [0.25, 0.3) is 0 Å². The summed E-state index contributed by atoms with van der Waals surface area (Å²) in [4.78, 5) is 26.0. The Morgan fingerprint density at radius 2 is 1.86 bits per heavy atom. The Bertz CT molecular complexity index is 621. The first-order valence-corrected chi connectivity index (χ1v) is 6.50. The summed E-state index contributed by atoms with van der Waals surface area (Å²) in [5, 5.41) is 3.17. The minimum atomic E-state index is -0.294. The number of benzene rings is 1. The molecule has 1 unspecified atom stereocenters. The molecule has 1 aromatic carbocycles. The molecule has 2 rings (SSSR count). The second-order valence-corrected chi connectivity index (χ2v) is 4.58. The van der Waals surface area contributed by atoms with Gasteiger partial charge in [0.1, 0.15) is 5.69 Å². The number of nitrogens with zero attached hydrogens (tertiary/aromatic N) is 1. The lowest BCUT2D eigenvalue weighted by atomic mass is 10.0. The van der Waals surface area contributed by atoms with Gasteiger partial charge in [-0.05, 0) is 36.8 Å². The molecular weight excluding hydrogens is 268 g/mol. The molecule has 21 heavy (non-hydrogen) atoms. The lowest BCUT2D eigenvalue weighted by Crippen LogP contribution is -2.10. The second-order valence-electron chi connectivity index (χ2n) is 4.58. The summed E-state index contributed by atoms with van der Waals surface area (Å²) in [5.41, 5.74) is 2.94. The van der Waals surface area contributed by atoms with Crippen molar-refractivity contribution in [3.8, 4) is 0 Å². The highest BCUT2D eigenvalue weighted by Gasteiger charge is 2.14. The third-order valence-corrected chi connectivity index (χ3v) is 3.16. The maximum atomic E-state index is 11.5. The van der Waals surface area contributed by atoms with Crippen LogP contribution in [0.1, 0.15) is 28.9 Å². The van der Waals surface area contributed by atoms with E-state index in [9.17, 15) is 9.59 Å². The molecule has 108 valence electrons. The first kappa shape index (κ1) is 14.7. The highest BCUT2D eigenvalue weighted by molar-refractivity contribution is 5.78. The van der Waals surface area contributed by atoms with Gasteiger partial charge in [-0.2, -0.15) is 0 Å². The number of anilines is 2. The number of aldehydes is 1. The van der Waals surface area contributed by atoms with E-state index in [0.29, 0.717) is 12.0 Å². The molecule has 1 N–H and O–H groups in total. The van der Waals surface area contributed by atoms with Crippen molar-refractivity contribution in [3.63, 3.8) is 0 Å². The number of aromatic nitrogens is 1. The summed E-state index contributed by atoms with van der Waals surface area (Å²) in [5.74, 6) is -0.554. The van der Waals surface area contributed by atoms with E-state index in [-0.39, 0.29) is 11.9 Å². The molecule has 5 heteroatoms. The maximum Gasteiger partial charge on any atom is 0.312 e. The van der Waals surface area contributed by atoms with Crippen LogP contribution in [0.15, 0.2) is 42.6 Å². The molecule has 1 aromatic heterocycles. The van der Waals surface area contributed by atoms with Gasteiger partial charge in [0.05, 0.1) is 24.9 Å². The quantitative estimate of drug-likeness (QED) is 0.675. The zero-order valence-electron chi connectivity index (χ0n) is 11.9. The Morgan fingerprint density at radius 3 is 2.38 bits per heavy atom. The van der Waals surface area contributed by atoms with Crippen LogP contribution in [-0.2, 0) is 9.53 Å². The zero-order chi connectivity index (χ0) is 15.2. The molecular formula is C16H16N2O3. The fraction of sp³-hybridized carbons (Fsp3) is 0.188. The van der Waals surface area contributed by atoms with Crippen LogP contribution in [0.3, 0.4) is 0 Å². The number of pyridine rings is 1. The molecule has 0 radical (unpaired) electrons. The van der Waals surface area contributed by atoms with Gasteiger partial charge in [0.15, 0.2) is 6.29 Å². The number of carbonyl (C=O) groups is 2. The van der Waals surface area contributed by atoms with Gasteiger partial charge in [-0.25, -0.2) is 0 Å². The monoisotopic (exact) mass is 284 g/mol. The first-order valence-electron chi connectivity index (χ1n) is 6.50. The van der Waals surface area contributed by atoms with E-state index in [4.69, 9.17) is 4.74 Å². The normalized spacial score (nSPS) is 11.5. The second kappa shape index (κ2) is 6.65. The van der Waals surface area contributed by atoms with Crippen LogP contribution in [0.4, 0.5) is 11.4 Å². The Hall–Kier alpha value is -2.69. The van der Waals surface area contributed by atoms with Gasteiger partial charge >= 0.3 is 5.97 Å². The van der Waals surface area contributed by atoms with Gasteiger partial charge < -0.3 is 10.1 Å². The number of methoxy groups -OCH3 is 1. The number of esters is 1. The van der Waals surface area contributed by atoms with Crippen molar-refractivity contribution < 1.29 is 14.3 Å². The molecule has 0 aliphatic heterocycles. The summed E-state index contributed by atoms with van der Waals surface area (Å²) in [6, 6.07) is 10.9. The van der Waals surface area contributed by atoms with Gasteiger partial charge in [0.2, 0.25) is 0 Å². The molecule has 5 nitrogen and oxygen atoms in total. The topological polar surface area (TPSA) is 68.3 Å². The van der Waals surface area contributed by atoms with Crippen molar-refractivity contribution >= 4 is 23.6 Å². The van der Waals surface area contributed by atoms with E-state index < -0.39 is 0 Å². The standard InChI is InChI=1S/C16H16N2O3/c1-11(16(20)21-2)12-3-5-13(6-4-12)18-14-7-8-15(10-19)17-9-14/h3-11,18H,1-2H3. The smallest absolute Gasteiger partial charge is 0.312 e. The van der Waals surface area contributed by atoms with E-state index >= 15 is 0 Å². The van der Waals surface area contributed by atoms with Crippen molar-refractivity contribution in [3.05, 3.63) is 53.9 Å². The van der Waals surface area contributed by atoms with Crippen LogP contribution in [0, 0.1) is 0 Å². The highest BCUT2D eigenvalue weighted by Crippen LogP contribution is 2.21. The van der Waals surface area contributed by atoms with Crippen LogP contribution in [0.25, 0.3) is 0 Å². The molecule has 0 spiro atoms. The van der Waals surface area contributed by atoms with Crippen molar-refractivity contribution in [1.82, 2.24) is 4.98 Å². The molecule has 0 fully saturated rings. The number of hydrogen-bond acceptors (Lipinski definition) is 5. The average molecular weight is 284 g/mol. The lowest BCUT2D eigenvalue weighted by Gasteiger charge is -2.11. The largest absolute Gasteiger partial charge is 0.469 e. The van der Waals surface area contributed by atoms with Gasteiger partial charge in [-0.15, -0.1) is 0 Å². The van der Waals surface area contributed by atoms with E-state index in [1.165, 1.54) is 7.11 Å². The van der Waals surface area contributed by atoms with Crippen molar-refractivity contribution in [1.29, 1.82) is 0 Å². The molecule has 0 bridgehead atoms. The Balaban J connectivity index is 2.08. The molecule has 0 aliphatic rings. The third-order valence-electron chi connectivity index (χ3n) is 3.16. The molecule has 1 heterocycles. The number of rotatable bonds is 5. The van der Waals surface area contributed by atoms with Crippen LogP contribution in [0.2, 0.25) is 0 Å². The molecule has 0 aliphatic carbocycles. The summed E-state index contributed by atoms with van der Waals surface area (Å²) in [6.45, 7) is 1.80. The SMILES string of the molecule is COC(=O)C(C)c1ccc(Nc2ccc(C=O)nc2)cc1. The number of ether oxygens (including phenoxy) is 1. The van der Waals surface area contributed by atoms with Crippen LogP contribution < -0.4 is 5.32 Å². The Kier molecular flexibility index (Phi) is 4.66. The van der Waals surface area contributed by atoms with E-state index in [1.807, 2.05) is 24.3 Å². The Morgan fingerprint density at radius 1 is 1.19 bits per heavy atom. The predicted octanol–water partition coefficient (Wildman–Crippen LogP) is 2.91. The van der Waals surface area contributed by atoms with Gasteiger partial charge in [0, 0.05) is 5.69 Å². The predicted molar refractivity (Wildman–Crippen MR) is 79.8 cm³/mol. The summed E-state index contributed by atoms with van der Waals surface area (Å²) in [7, 11) is 1.38. The summed E-state index contributed by atoms with van der Waals surface area (Å²) in [6.07, 6.45) is 2.29. The van der Waals surface area contributed by atoms with Gasteiger partial charge in [-0.3, -0.25) is 14.6 Å². The van der Waals surface area contributed by atoms with Crippen molar-refractivity contribution in [2.24, 2.45) is 0 Å². The zero-order valence-corrected chi connectivity index (χ0v) is 11.9. The molecule has 0 saturated heterocycles. The maximum absolute atomic E-state index is 11.5. The number of nitrogens with one attached hydrogen (secondary N) is 1. The van der Waals surface area contributed by atoms with Gasteiger partial charge in [-0.1, -0.05) is 12.1 Å². The number of carbonyl (C=O) groups excluding carboxylic acids is 2. The fourth-order valence-electron chi connectivity index (χ4n) is 1.88. The van der Waals surface area contributed by atoms with E-state index in [0.717, 1.165) is 16.9 Å². The molecule has 2 aromatic rings. The molecule has 1 atom stereocenters. The van der Waals surface area contributed by atoms with Crippen LogP contribution >= 0.6 is 0 Å². The summed E-state index contributed by atoms with van der Waals surface area (Å²) >= 11 is 0. The molecule has 0 amide bonds. The lowest BCUT2D eigenvalue weighted by molar-refractivity contribution is -0.141. The first-order chi connectivity index (χ1) is 10.1. The van der Waals surface area contributed by atoms with Crippen LogP contribution in [0.5, 0.6) is 0 Å². The van der Waals surface area contributed by atoms with E-state index in [2.05, 4.69) is 10.3 Å². The minimum Gasteiger partial charge on any atom is -0.469 e. The fourth-order valence-corrected chi connectivity index (χ4v) is 1.88. The summed E-state index contributed by atoms with van der Waals surface area (Å²) < 4.78 is 4.72. The van der Waals surface area contributed by atoms with Crippen molar-refractivity contribution in [2.45, 2.75) is 12.8 Å². The number of hydrogen-bond donors (Lipinski definition) is 1. The van der Waals surface area contributed by atoms with E-state index in [1.54, 1.807) is 25.3 Å². The van der Waals surface area contributed by atoms with Crippen LogP contribution in [-0.4, -0.2) is 24.3 Å². The van der Waals surface area contributed by atoms with Crippen molar-refractivity contribution in [2.75, 3.05) is 12.4 Å². The minimum absolute atomic E-state index is 0.260. The third kappa shape index (κ3) is 3.66. The average Bonchev–Trinajstić information content (AvgIpc) is 2.55.